The third kappa shape index (κ3) is 4.87. The van der Waals surface area contributed by atoms with Gasteiger partial charge in [-0.25, -0.2) is 13.6 Å². The predicted octanol–water partition coefficient (Wildman–Crippen LogP) is 2.27. The van der Waals surface area contributed by atoms with Crippen LogP contribution in [0.2, 0.25) is 0 Å². The number of primary sulfonamides is 1. The lowest BCUT2D eigenvalue weighted by Gasteiger charge is -2.22. The standard InChI is InChI=1S/C19H17N3O5S3/c1-11(17(24)21-13-4-8-15(9-5-13)30(20,26)27)22-18(25)16(29-19(22)28)10-12-2-6-14(23)7-3-12/h2-11,23H,1H3,(H,21,24)(H2,20,26,27)/b16-10-. The van der Waals surface area contributed by atoms with Gasteiger partial charge in [-0.15, -0.1) is 0 Å². The summed E-state index contributed by atoms with van der Waals surface area (Å²) in [6.07, 6.45) is 1.63. The van der Waals surface area contributed by atoms with Crippen molar-refractivity contribution in [3.63, 3.8) is 0 Å². The largest absolute Gasteiger partial charge is 0.508 e. The van der Waals surface area contributed by atoms with E-state index in [9.17, 15) is 23.1 Å². The summed E-state index contributed by atoms with van der Waals surface area (Å²) in [6.45, 7) is 1.54. The van der Waals surface area contributed by atoms with Gasteiger partial charge in [0, 0.05) is 5.69 Å². The van der Waals surface area contributed by atoms with Gasteiger partial charge in [-0.05, 0) is 55.0 Å². The molecular weight excluding hydrogens is 446 g/mol. The molecule has 1 saturated heterocycles. The van der Waals surface area contributed by atoms with Crippen LogP contribution in [-0.4, -0.2) is 40.6 Å². The van der Waals surface area contributed by atoms with Crippen LogP contribution in [0, 0.1) is 0 Å². The number of hydrogen-bond donors (Lipinski definition) is 3. The average Bonchev–Trinajstić information content (AvgIpc) is 2.96. The number of amides is 2. The van der Waals surface area contributed by atoms with E-state index in [0.717, 1.165) is 11.8 Å². The van der Waals surface area contributed by atoms with Gasteiger partial charge in [0.05, 0.1) is 9.80 Å². The maximum atomic E-state index is 12.8. The first-order valence-electron chi connectivity index (χ1n) is 8.56. The Balaban J connectivity index is 1.73. The minimum Gasteiger partial charge on any atom is -0.508 e. The smallest absolute Gasteiger partial charge is 0.266 e. The summed E-state index contributed by atoms with van der Waals surface area (Å²) in [4.78, 5) is 26.9. The third-order valence-corrected chi connectivity index (χ3v) is 6.49. The second-order valence-electron chi connectivity index (χ2n) is 6.38. The average molecular weight is 464 g/mol. The molecule has 4 N–H and O–H groups in total. The van der Waals surface area contributed by atoms with Gasteiger partial charge in [-0.1, -0.05) is 36.1 Å². The number of sulfonamides is 1. The summed E-state index contributed by atoms with van der Waals surface area (Å²) >= 11 is 6.36. The van der Waals surface area contributed by atoms with E-state index in [4.69, 9.17) is 17.4 Å². The number of nitrogens with zero attached hydrogens (tertiary/aromatic N) is 1. The zero-order chi connectivity index (χ0) is 22.1. The number of nitrogens with two attached hydrogens (primary N) is 1. The van der Waals surface area contributed by atoms with Crippen molar-refractivity contribution in [2.45, 2.75) is 17.9 Å². The van der Waals surface area contributed by atoms with Crippen LogP contribution < -0.4 is 10.5 Å². The highest BCUT2D eigenvalue weighted by molar-refractivity contribution is 8.26. The van der Waals surface area contributed by atoms with Crippen LogP contribution >= 0.6 is 24.0 Å². The summed E-state index contributed by atoms with van der Waals surface area (Å²) in [6, 6.07) is 10.8. The lowest BCUT2D eigenvalue weighted by molar-refractivity contribution is -0.129. The van der Waals surface area contributed by atoms with Gasteiger partial charge >= 0.3 is 0 Å². The van der Waals surface area contributed by atoms with Gasteiger partial charge in [-0.2, -0.15) is 0 Å². The molecule has 0 aromatic heterocycles. The molecule has 1 heterocycles. The lowest BCUT2D eigenvalue weighted by atomic mass is 10.2. The molecule has 2 aromatic rings. The fraction of sp³-hybridized carbons (Fsp3) is 0.105. The van der Waals surface area contributed by atoms with Gasteiger partial charge in [0.2, 0.25) is 15.9 Å². The molecule has 2 amide bonds. The molecule has 3 rings (SSSR count). The lowest BCUT2D eigenvalue weighted by Crippen LogP contribution is -2.44. The molecule has 1 unspecified atom stereocenters. The van der Waals surface area contributed by atoms with Crippen molar-refractivity contribution in [1.82, 2.24) is 4.90 Å². The highest BCUT2D eigenvalue weighted by Gasteiger charge is 2.38. The Morgan fingerprint density at radius 2 is 1.80 bits per heavy atom. The normalized spacial score (nSPS) is 16.7. The number of aromatic hydroxyl groups is 1. The summed E-state index contributed by atoms with van der Waals surface area (Å²) in [5, 5.41) is 17.0. The third-order valence-electron chi connectivity index (χ3n) is 4.23. The van der Waals surface area contributed by atoms with E-state index in [2.05, 4.69) is 5.32 Å². The molecule has 1 atom stereocenters. The van der Waals surface area contributed by atoms with Gasteiger partial charge in [0.25, 0.3) is 5.91 Å². The number of rotatable bonds is 5. The molecule has 0 spiro atoms. The van der Waals surface area contributed by atoms with Crippen LogP contribution in [0.4, 0.5) is 5.69 Å². The molecule has 0 aliphatic carbocycles. The first-order chi connectivity index (χ1) is 14.1. The van der Waals surface area contributed by atoms with Gasteiger partial charge in [0.15, 0.2) is 0 Å². The van der Waals surface area contributed by atoms with Crippen molar-refractivity contribution in [2.24, 2.45) is 5.14 Å². The number of anilines is 1. The number of phenols is 1. The minimum absolute atomic E-state index is 0.0788. The SMILES string of the molecule is CC(C(=O)Nc1ccc(S(N)(=O)=O)cc1)N1C(=O)/C(=C/c2ccc(O)cc2)SC1=S. The molecule has 30 heavy (non-hydrogen) atoms. The van der Waals surface area contributed by atoms with Crippen molar-refractivity contribution < 1.29 is 23.1 Å². The molecule has 156 valence electrons. The summed E-state index contributed by atoms with van der Waals surface area (Å²) in [7, 11) is -3.83. The predicted molar refractivity (Wildman–Crippen MR) is 119 cm³/mol. The molecule has 11 heteroatoms. The number of hydrogen-bond acceptors (Lipinski definition) is 7. The first kappa shape index (κ1) is 22.0. The number of phenolic OH excluding ortho intramolecular Hbond substituents is 1. The van der Waals surface area contributed by atoms with E-state index < -0.39 is 27.9 Å². The Bertz CT molecular complexity index is 1140. The minimum atomic E-state index is -3.83. The monoisotopic (exact) mass is 463 g/mol. The van der Waals surface area contributed by atoms with Crippen molar-refractivity contribution in [3.8, 4) is 5.75 Å². The molecule has 0 saturated carbocycles. The van der Waals surface area contributed by atoms with Crippen molar-refractivity contribution in [1.29, 1.82) is 0 Å². The topological polar surface area (TPSA) is 130 Å². The number of carbonyl (C=O) groups excluding carboxylic acids is 2. The molecule has 2 aromatic carbocycles. The van der Waals surface area contributed by atoms with Gasteiger partial charge < -0.3 is 10.4 Å². The highest BCUT2D eigenvalue weighted by Crippen LogP contribution is 2.34. The number of benzene rings is 2. The van der Waals surface area contributed by atoms with Gasteiger partial charge in [0.1, 0.15) is 16.1 Å². The Morgan fingerprint density at radius 3 is 2.37 bits per heavy atom. The van der Waals surface area contributed by atoms with Crippen molar-refractivity contribution in [2.75, 3.05) is 5.32 Å². The number of carbonyl (C=O) groups is 2. The molecule has 1 aliphatic rings. The molecular formula is C19H17N3O5S3. The molecule has 1 fully saturated rings. The van der Waals surface area contributed by atoms with E-state index >= 15 is 0 Å². The van der Waals surface area contributed by atoms with Crippen molar-refractivity contribution >= 4 is 61.9 Å². The highest BCUT2D eigenvalue weighted by atomic mass is 32.2. The van der Waals surface area contributed by atoms with E-state index in [-0.39, 0.29) is 15.0 Å². The number of thioether (sulfide) groups is 1. The molecule has 1 aliphatic heterocycles. The van der Waals surface area contributed by atoms with Gasteiger partial charge in [-0.3, -0.25) is 14.5 Å². The van der Waals surface area contributed by atoms with E-state index in [1.165, 1.54) is 41.3 Å². The zero-order valence-corrected chi connectivity index (χ0v) is 18.1. The Labute approximate surface area is 182 Å². The Kier molecular flexibility index (Phi) is 6.27. The summed E-state index contributed by atoms with van der Waals surface area (Å²) < 4.78 is 22.9. The second-order valence-corrected chi connectivity index (χ2v) is 9.62. The summed E-state index contributed by atoms with van der Waals surface area (Å²) in [5.74, 6) is -0.770. The summed E-state index contributed by atoms with van der Waals surface area (Å²) in [5.41, 5.74) is 1.06. The van der Waals surface area contributed by atoms with Crippen molar-refractivity contribution in [3.05, 3.63) is 59.0 Å². The van der Waals surface area contributed by atoms with Crippen LogP contribution in [0.3, 0.4) is 0 Å². The maximum Gasteiger partial charge on any atom is 0.266 e. The van der Waals surface area contributed by atoms with Crippen LogP contribution in [0.1, 0.15) is 12.5 Å². The number of thiocarbonyl (C=S) groups is 1. The fourth-order valence-corrected chi connectivity index (χ4v) is 4.56. The van der Waals surface area contributed by atoms with Crippen LogP contribution in [0.25, 0.3) is 6.08 Å². The Hall–Kier alpha value is -2.73. The van der Waals surface area contributed by atoms with E-state index in [0.29, 0.717) is 16.2 Å². The Morgan fingerprint density at radius 1 is 1.20 bits per heavy atom. The maximum absolute atomic E-state index is 12.8. The molecule has 0 bridgehead atoms. The molecule has 0 radical (unpaired) electrons. The van der Waals surface area contributed by atoms with E-state index in [1.807, 2.05) is 0 Å². The van der Waals surface area contributed by atoms with Crippen LogP contribution in [0.15, 0.2) is 58.3 Å². The number of nitrogens with one attached hydrogen (secondary N) is 1. The first-order valence-corrected chi connectivity index (χ1v) is 11.3. The fourth-order valence-electron chi connectivity index (χ4n) is 2.63. The zero-order valence-electron chi connectivity index (χ0n) is 15.6. The molecule has 8 nitrogen and oxygen atoms in total. The van der Waals surface area contributed by atoms with E-state index in [1.54, 1.807) is 25.1 Å². The van der Waals surface area contributed by atoms with Crippen LogP contribution in [0.5, 0.6) is 5.75 Å². The van der Waals surface area contributed by atoms with Crippen LogP contribution in [-0.2, 0) is 19.6 Å². The quantitative estimate of drug-likeness (QED) is 0.458. The second kappa shape index (κ2) is 8.56.